The second kappa shape index (κ2) is 7.45. The minimum Gasteiger partial charge on any atom is -0.445 e. The van der Waals surface area contributed by atoms with Gasteiger partial charge in [0.05, 0.1) is 12.6 Å². The molecule has 2 aromatic carbocycles. The Kier molecular flexibility index (Phi) is 5.35. The summed E-state index contributed by atoms with van der Waals surface area (Å²) in [6.45, 7) is 2.02. The van der Waals surface area contributed by atoms with Crippen molar-refractivity contribution < 1.29 is 14.6 Å². The van der Waals surface area contributed by atoms with Gasteiger partial charge >= 0.3 is 6.09 Å². The molecule has 0 spiro atoms. The molecule has 2 aromatic rings. The van der Waals surface area contributed by atoms with Crippen LogP contribution in [0.15, 0.2) is 54.6 Å². The minimum absolute atomic E-state index is 0.177. The van der Waals surface area contributed by atoms with Crippen molar-refractivity contribution in [2.75, 3.05) is 6.61 Å². The quantitative estimate of drug-likeness (QED) is 0.888. The van der Waals surface area contributed by atoms with Crippen LogP contribution < -0.4 is 5.32 Å². The molecule has 110 valence electrons. The van der Waals surface area contributed by atoms with Gasteiger partial charge < -0.3 is 15.2 Å². The van der Waals surface area contributed by atoms with E-state index in [1.807, 2.05) is 61.5 Å². The Morgan fingerprint density at radius 3 is 2.43 bits per heavy atom. The maximum absolute atomic E-state index is 11.8. The first-order chi connectivity index (χ1) is 10.2. The molecule has 0 heterocycles. The molecule has 2 rings (SSSR count). The van der Waals surface area contributed by atoms with Crippen LogP contribution in [0, 0.1) is 6.92 Å². The zero-order valence-corrected chi connectivity index (χ0v) is 12.0. The summed E-state index contributed by atoms with van der Waals surface area (Å²) in [5.74, 6) is 0. The second-order valence-corrected chi connectivity index (χ2v) is 4.85. The van der Waals surface area contributed by atoms with Gasteiger partial charge in [-0.15, -0.1) is 0 Å². The highest BCUT2D eigenvalue weighted by molar-refractivity contribution is 5.68. The van der Waals surface area contributed by atoms with Crippen LogP contribution in [0.4, 0.5) is 4.79 Å². The molecule has 0 aliphatic heterocycles. The van der Waals surface area contributed by atoms with Gasteiger partial charge in [0.1, 0.15) is 6.61 Å². The number of rotatable bonds is 5. The molecule has 4 nitrogen and oxygen atoms in total. The van der Waals surface area contributed by atoms with Crippen LogP contribution in [0.1, 0.15) is 22.7 Å². The van der Waals surface area contributed by atoms with Gasteiger partial charge in [-0.1, -0.05) is 60.2 Å². The molecule has 0 aromatic heterocycles. The fourth-order valence-corrected chi connectivity index (χ4v) is 1.94. The number of aliphatic hydroxyl groups is 1. The van der Waals surface area contributed by atoms with Gasteiger partial charge in [0.15, 0.2) is 0 Å². The predicted octanol–water partition coefficient (Wildman–Crippen LogP) is 2.95. The highest BCUT2D eigenvalue weighted by atomic mass is 16.5. The Bertz CT molecular complexity index is 566. The lowest BCUT2D eigenvalue weighted by Crippen LogP contribution is -2.31. The van der Waals surface area contributed by atoms with E-state index in [-0.39, 0.29) is 13.2 Å². The lowest BCUT2D eigenvalue weighted by molar-refractivity contribution is 0.129. The van der Waals surface area contributed by atoms with Crippen LogP contribution in [0.3, 0.4) is 0 Å². The molecule has 1 amide bonds. The van der Waals surface area contributed by atoms with E-state index in [1.165, 1.54) is 0 Å². The summed E-state index contributed by atoms with van der Waals surface area (Å²) in [7, 11) is 0. The number of nitrogens with one attached hydrogen (secondary N) is 1. The molecule has 0 fully saturated rings. The van der Waals surface area contributed by atoms with Crippen molar-refractivity contribution >= 4 is 6.09 Å². The highest BCUT2D eigenvalue weighted by Gasteiger charge is 2.14. The van der Waals surface area contributed by atoms with E-state index >= 15 is 0 Å². The van der Waals surface area contributed by atoms with Crippen LogP contribution >= 0.6 is 0 Å². The van der Waals surface area contributed by atoms with Gasteiger partial charge in [-0.3, -0.25) is 0 Å². The number of hydrogen-bond donors (Lipinski definition) is 2. The van der Waals surface area contributed by atoms with Gasteiger partial charge in [0, 0.05) is 0 Å². The van der Waals surface area contributed by atoms with Gasteiger partial charge in [-0.25, -0.2) is 4.79 Å². The van der Waals surface area contributed by atoms with Crippen LogP contribution in [0.2, 0.25) is 0 Å². The summed E-state index contributed by atoms with van der Waals surface area (Å²) < 4.78 is 5.14. The van der Waals surface area contributed by atoms with Gasteiger partial charge in [0.25, 0.3) is 0 Å². The maximum Gasteiger partial charge on any atom is 0.408 e. The third-order valence-electron chi connectivity index (χ3n) is 3.17. The Balaban J connectivity index is 1.89. The zero-order chi connectivity index (χ0) is 15.1. The van der Waals surface area contributed by atoms with E-state index in [2.05, 4.69) is 5.32 Å². The molecular formula is C17H19NO3. The second-order valence-electron chi connectivity index (χ2n) is 4.85. The van der Waals surface area contributed by atoms with E-state index < -0.39 is 12.1 Å². The van der Waals surface area contributed by atoms with Gasteiger partial charge in [-0.05, 0) is 18.1 Å². The Morgan fingerprint density at radius 2 is 1.81 bits per heavy atom. The number of amides is 1. The first-order valence-corrected chi connectivity index (χ1v) is 6.83. The van der Waals surface area contributed by atoms with E-state index in [9.17, 15) is 9.90 Å². The van der Waals surface area contributed by atoms with Crippen LogP contribution in [-0.2, 0) is 11.3 Å². The first-order valence-electron chi connectivity index (χ1n) is 6.83. The van der Waals surface area contributed by atoms with Gasteiger partial charge in [-0.2, -0.15) is 0 Å². The standard InChI is InChI=1S/C17H19NO3/c1-13-7-9-15(10-8-13)16(11-19)18-17(20)21-12-14-5-3-2-4-6-14/h2-10,16,19H,11-12H2,1H3,(H,18,20). The number of aryl methyl sites for hydroxylation is 1. The molecule has 1 unspecified atom stereocenters. The fourth-order valence-electron chi connectivity index (χ4n) is 1.94. The number of aliphatic hydroxyl groups excluding tert-OH is 1. The Hall–Kier alpha value is -2.33. The van der Waals surface area contributed by atoms with Crippen molar-refractivity contribution in [2.45, 2.75) is 19.6 Å². The van der Waals surface area contributed by atoms with Crippen molar-refractivity contribution in [3.8, 4) is 0 Å². The lowest BCUT2D eigenvalue weighted by atomic mass is 10.1. The SMILES string of the molecule is Cc1ccc(C(CO)NC(=O)OCc2ccccc2)cc1. The molecule has 1 atom stereocenters. The number of ether oxygens (including phenoxy) is 1. The third-order valence-corrected chi connectivity index (χ3v) is 3.17. The summed E-state index contributed by atoms with van der Waals surface area (Å²) in [6.07, 6.45) is -0.543. The molecule has 0 saturated heterocycles. The molecule has 0 bridgehead atoms. The van der Waals surface area contributed by atoms with Crippen LogP contribution in [-0.4, -0.2) is 17.8 Å². The number of hydrogen-bond acceptors (Lipinski definition) is 3. The minimum atomic E-state index is -0.543. The van der Waals surface area contributed by atoms with Crippen molar-refractivity contribution in [3.05, 3.63) is 71.3 Å². The van der Waals surface area contributed by atoms with E-state index in [0.29, 0.717) is 0 Å². The first kappa shape index (κ1) is 15.1. The third kappa shape index (κ3) is 4.61. The summed E-state index contributed by atoms with van der Waals surface area (Å²) in [4.78, 5) is 11.8. The van der Waals surface area contributed by atoms with Crippen LogP contribution in [0.5, 0.6) is 0 Å². The summed E-state index contributed by atoms with van der Waals surface area (Å²) in [5, 5.41) is 12.1. The molecule has 4 heteroatoms. The number of carbonyl (C=O) groups is 1. The molecule has 0 saturated carbocycles. The van der Waals surface area contributed by atoms with Crippen molar-refractivity contribution in [1.29, 1.82) is 0 Å². The predicted molar refractivity (Wildman–Crippen MR) is 80.8 cm³/mol. The van der Waals surface area contributed by atoms with E-state index in [1.54, 1.807) is 0 Å². The number of alkyl carbamates (subject to hydrolysis) is 1. The molecule has 21 heavy (non-hydrogen) atoms. The summed E-state index contributed by atoms with van der Waals surface area (Å²) in [6, 6.07) is 16.6. The van der Waals surface area contributed by atoms with E-state index in [0.717, 1.165) is 16.7 Å². The number of benzene rings is 2. The van der Waals surface area contributed by atoms with Crippen molar-refractivity contribution in [1.82, 2.24) is 5.32 Å². The summed E-state index contributed by atoms with van der Waals surface area (Å²) in [5.41, 5.74) is 2.89. The average Bonchev–Trinajstić information content (AvgIpc) is 2.52. The van der Waals surface area contributed by atoms with Crippen molar-refractivity contribution in [3.63, 3.8) is 0 Å². The van der Waals surface area contributed by atoms with Gasteiger partial charge in [0.2, 0.25) is 0 Å². The molecule has 0 aliphatic carbocycles. The molecule has 0 radical (unpaired) electrons. The molecular weight excluding hydrogens is 266 g/mol. The number of carbonyl (C=O) groups excluding carboxylic acids is 1. The fraction of sp³-hybridized carbons (Fsp3) is 0.235. The molecule has 0 aliphatic rings. The lowest BCUT2D eigenvalue weighted by Gasteiger charge is -2.17. The van der Waals surface area contributed by atoms with Crippen molar-refractivity contribution in [2.24, 2.45) is 0 Å². The smallest absolute Gasteiger partial charge is 0.408 e. The Labute approximate surface area is 124 Å². The largest absolute Gasteiger partial charge is 0.445 e. The Morgan fingerprint density at radius 1 is 1.14 bits per heavy atom. The molecule has 2 N–H and O–H groups in total. The topological polar surface area (TPSA) is 58.6 Å². The van der Waals surface area contributed by atoms with Crippen LogP contribution in [0.25, 0.3) is 0 Å². The monoisotopic (exact) mass is 285 g/mol. The normalized spacial score (nSPS) is 11.7. The van der Waals surface area contributed by atoms with E-state index in [4.69, 9.17) is 4.74 Å². The highest BCUT2D eigenvalue weighted by Crippen LogP contribution is 2.13. The zero-order valence-electron chi connectivity index (χ0n) is 12.0. The maximum atomic E-state index is 11.8. The summed E-state index contributed by atoms with van der Waals surface area (Å²) >= 11 is 0. The average molecular weight is 285 g/mol.